The molecular weight excluding hydrogens is 202 g/mol. The van der Waals surface area contributed by atoms with Crippen LogP contribution < -0.4 is 0 Å². The lowest BCUT2D eigenvalue weighted by molar-refractivity contribution is -0.190. The molecule has 0 spiro atoms. The molecule has 0 N–H and O–H groups in total. The number of nitrogens with zero attached hydrogens (tertiary/aromatic N) is 1. The van der Waals surface area contributed by atoms with Crippen molar-refractivity contribution in [2.45, 2.75) is 47.0 Å². The van der Waals surface area contributed by atoms with Gasteiger partial charge in [-0.1, -0.05) is 25.8 Å². The summed E-state index contributed by atoms with van der Waals surface area (Å²) >= 11 is 0. The Labute approximate surface area is 98.4 Å². The van der Waals surface area contributed by atoms with Crippen LogP contribution in [-0.2, 0) is 9.63 Å². The molecule has 0 aromatic heterocycles. The Morgan fingerprint density at radius 3 is 2.12 bits per heavy atom. The standard InChI is InChI=1S/C13H23NO2/c1-10(2)12(11(3)4)13(15)16-14-8-6-5-7-9-14/h10H,5-9H2,1-4H3. The Balaban J connectivity index is 2.59. The van der Waals surface area contributed by atoms with E-state index < -0.39 is 0 Å². The van der Waals surface area contributed by atoms with Gasteiger partial charge in [0.1, 0.15) is 0 Å². The molecule has 0 atom stereocenters. The van der Waals surface area contributed by atoms with Gasteiger partial charge in [-0.15, -0.1) is 5.06 Å². The Morgan fingerprint density at radius 2 is 1.69 bits per heavy atom. The lowest BCUT2D eigenvalue weighted by Gasteiger charge is -2.26. The summed E-state index contributed by atoms with van der Waals surface area (Å²) in [5.74, 6) is 0.0548. The largest absolute Gasteiger partial charge is 0.364 e. The Kier molecular flexibility index (Phi) is 5.00. The summed E-state index contributed by atoms with van der Waals surface area (Å²) in [6, 6.07) is 0. The van der Waals surface area contributed by atoms with E-state index in [-0.39, 0.29) is 11.9 Å². The predicted octanol–water partition coefficient (Wildman–Crippen LogP) is 2.92. The zero-order valence-corrected chi connectivity index (χ0v) is 10.9. The Hall–Kier alpha value is -0.830. The molecule has 0 saturated carbocycles. The van der Waals surface area contributed by atoms with Crippen LogP contribution in [0, 0.1) is 5.92 Å². The minimum absolute atomic E-state index is 0.170. The van der Waals surface area contributed by atoms with Gasteiger partial charge < -0.3 is 4.84 Å². The van der Waals surface area contributed by atoms with E-state index >= 15 is 0 Å². The molecule has 0 unspecified atom stereocenters. The van der Waals surface area contributed by atoms with Crippen LogP contribution in [-0.4, -0.2) is 24.1 Å². The van der Waals surface area contributed by atoms with Crippen LogP contribution >= 0.6 is 0 Å². The van der Waals surface area contributed by atoms with E-state index in [9.17, 15) is 4.79 Å². The van der Waals surface area contributed by atoms with E-state index in [4.69, 9.17) is 4.84 Å². The molecule has 0 bridgehead atoms. The van der Waals surface area contributed by atoms with Crippen LogP contribution in [0.3, 0.4) is 0 Å². The van der Waals surface area contributed by atoms with Gasteiger partial charge in [0.15, 0.2) is 0 Å². The molecule has 1 fully saturated rings. The molecule has 0 aromatic carbocycles. The average Bonchev–Trinajstić information content (AvgIpc) is 2.17. The monoisotopic (exact) mass is 225 g/mol. The summed E-state index contributed by atoms with van der Waals surface area (Å²) in [4.78, 5) is 17.4. The molecule has 92 valence electrons. The molecule has 1 saturated heterocycles. The summed E-state index contributed by atoms with van der Waals surface area (Å²) < 4.78 is 0. The molecular formula is C13H23NO2. The fourth-order valence-electron chi connectivity index (χ4n) is 2.14. The second kappa shape index (κ2) is 6.04. The molecule has 3 nitrogen and oxygen atoms in total. The van der Waals surface area contributed by atoms with Crippen molar-refractivity contribution in [2.75, 3.05) is 13.1 Å². The highest BCUT2D eigenvalue weighted by Crippen LogP contribution is 2.18. The van der Waals surface area contributed by atoms with Crippen LogP contribution in [0.5, 0.6) is 0 Å². The minimum Gasteiger partial charge on any atom is -0.364 e. The third-order valence-electron chi connectivity index (χ3n) is 2.86. The summed E-state index contributed by atoms with van der Waals surface area (Å²) in [5.41, 5.74) is 1.86. The van der Waals surface area contributed by atoms with Crippen LogP contribution in [0.2, 0.25) is 0 Å². The lowest BCUT2D eigenvalue weighted by atomic mass is 9.99. The normalized spacial score (nSPS) is 17.3. The first-order valence-corrected chi connectivity index (χ1v) is 6.17. The third kappa shape index (κ3) is 3.63. The van der Waals surface area contributed by atoms with Gasteiger partial charge in [-0.05, 0) is 32.6 Å². The third-order valence-corrected chi connectivity index (χ3v) is 2.86. The van der Waals surface area contributed by atoms with Gasteiger partial charge in [0.2, 0.25) is 0 Å². The SMILES string of the molecule is CC(C)=C(C(=O)ON1CCCCC1)C(C)C. The van der Waals surface area contributed by atoms with Crippen molar-refractivity contribution in [2.24, 2.45) is 5.92 Å². The summed E-state index contributed by atoms with van der Waals surface area (Å²) in [6.45, 7) is 9.74. The van der Waals surface area contributed by atoms with Gasteiger partial charge in [-0.3, -0.25) is 0 Å². The number of piperidine rings is 1. The first kappa shape index (κ1) is 13.2. The number of hydroxylamine groups is 2. The van der Waals surface area contributed by atoms with E-state index in [1.807, 2.05) is 27.7 Å². The number of hydrogen-bond acceptors (Lipinski definition) is 3. The number of carbonyl (C=O) groups excluding carboxylic acids is 1. The van der Waals surface area contributed by atoms with Crippen molar-refractivity contribution in [1.82, 2.24) is 5.06 Å². The van der Waals surface area contributed by atoms with Gasteiger partial charge in [-0.2, -0.15) is 0 Å². The highest BCUT2D eigenvalue weighted by Gasteiger charge is 2.21. The van der Waals surface area contributed by atoms with E-state index in [0.29, 0.717) is 0 Å². The van der Waals surface area contributed by atoms with Crippen molar-refractivity contribution in [3.63, 3.8) is 0 Å². The van der Waals surface area contributed by atoms with E-state index in [1.165, 1.54) is 6.42 Å². The average molecular weight is 225 g/mol. The highest BCUT2D eigenvalue weighted by atomic mass is 16.7. The first-order chi connectivity index (χ1) is 7.52. The molecule has 1 aliphatic heterocycles. The molecule has 1 aliphatic rings. The van der Waals surface area contributed by atoms with Crippen molar-refractivity contribution in [1.29, 1.82) is 0 Å². The maximum Gasteiger partial charge on any atom is 0.353 e. The molecule has 0 aromatic rings. The maximum absolute atomic E-state index is 12.0. The van der Waals surface area contributed by atoms with Crippen LogP contribution in [0.15, 0.2) is 11.1 Å². The highest BCUT2D eigenvalue weighted by molar-refractivity contribution is 5.89. The second-order valence-electron chi connectivity index (χ2n) is 4.94. The minimum atomic E-state index is -0.170. The van der Waals surface area contributed by atoms with E-state index in [0.717, 1.165) is 37.1 Å². The Morgan fingerprint density at radius 1 is 1.12 bits per heavy atom. The summed E-state index contributed by atoms with van der Waals surface area (Å²) in [7, 11) is 0. The zero-order chi connectivity index (χ0) is 12.1. The number of hydrogen-bond donors (Lipinski definition) is 0. The first-order valence-electron chi connectivity index (χ1n) is 6.17. The van der Waals surface area contributed by atoms with Gasteiger partial charge in [0, 0.05) is 18.7 Å². The quantitative estimate of drug-likeness (QED) is 0.692. The number of rotatable bonds is 3. The molecule has 0 amide bonds. The molecule has 1 rings (SSSR count). The molecule has 3 heteroatoms. The van der Waals surface area contributed by atoms with Crippen LogP contribution in [0.25, 0.3) is 0 Å². The molecule has 0 aliphatic carbocycles. The fraction of sp³-hybridized carbons (Fsp3) is 0.769. The van der Waals surface area contributed by atoms with Crippen molar-refractivity contribution < 1.29 is 9.63 Å². The van der Waals surface area contributed by atoms with Gasteiger partial charge in [0.25, 0.3) is 0 Å². The second-order valence-corrected chi connectivity index (χ2v) is 4.94. The lowest BCUT2D eigenvalue weighted by Crippen LogP contribution is -2.33. The van der Waals surface area contributed by atoms with E-state index in [1.54, 1.807) is 5.06 Å². The van der Waals surface area contributed by atoms with Gasteiger partial charge >= 0.3 is 5.97 Å². The number of carbonyl (C=O) groups is 1. The number of allylic oxidation sites excluding steroid dienone is 1. The molecule has 0 radical (unpaired) electrons. The molecule has 16 heavy (non-hydrogen) atoms. The predicted molar refractivity (Wildman–Crippen MR) is 64.7 cm³/mol. The van der Waals surface area contributed by atoms with Gasteiger partial charge in [0.05, 0.1) is 0 Å². The fourth-order valence-corrected chi connectivity index (χ4v) is 2.14. The molecule has 1 heterocycles. The maximum atomic E-state index is 12.0. The smallest absolute Gasteiger partial charge is 0.353 e. The summed E-state index contributed by atoms with van der Waals surface area (Å²) in [5, 5.41) is 1.80. The Bertz CT molecular complexity index is 272. The topological polar surface area (TPSA) is 29.5 Å². The van der Waals surface area contributed by atoms with Crippen molar-refractivity contribution in [3.8, 4) is 0 Å². The van der Waals surface area contributed by atoms with Crippen LogP contribution in [0.1, 0.15) is 47.0 Å². The van der Waals surface area contributed by atoms with Crippen LogP contribution in [0.4, 0.5) is 0 Å². The van der Waals surface area contributed by atoms with E-state index in [2.05, 4.69) is 0 Å². The van der Waals surface area contributed by atoms with Crippen molar-refractivity contribution in [3.05, 3.63) is 11.1 Å². The van der Waals surface area contributed by atoms with Crippen molar-refractivity contribution >= 4 is 5.97 Å². The zero-order valence-electron chi connectivity index (χ0n) is 10.9. The summed E-state index contributed by atoms with van der Waals surface area (Å²) in [6.07, 6.45) is 3.49. The van der Waals surface area contributed by atoms with Gasteiger partial charge in [-0.25, -0.2) is 4.79 Å².